The van der Waals surface area contributed by atoms with Gasteiger partial charge in [-0.15, -0.1) is 0 Å². The van der Waals surface area contributed by atoms with Crippen molar-refractivity contribution in [2.24, 2.45) is 17.8 Å². The minimum atomic E-state index is -4.96. The highest BCUT2D eigenvalue weighted by atomic mass is 31.2. The van der Waals surface area contributed by atoms with E-state index in [2.05, 4.69) is 72.8 Å². The van der Waals surface area contributed by atoms with E-state index in [0.29, 0.717) is 31.6 Å². The van der Waals surface area contributed by atoms with E-state index in [0.717, 1.165) is 127 Å². The second kappa shape index (κ2) is 62.4. The van der Waals surface area contributed by atoms with E-state index in [-0.39, 0.29) is 25.7 Å². The summed E-state index contributed by atoms with van der Waals surface area (Å²) in [6.07, 6.45) is 49.5. The fourth-order valence-corrected chi connectivity index (χ4v) is 11.9. The second-order valence-corrected chi connectivity index (χ2v) is 29.6. The molecule has 91 heavy (non-hydrogen) atoms. The van der Waals surface area contributed by atoms with E-state index in [1.165, 1.54) is 122 Å². The number of carbonyl (C=O) groups is 4. The molecule has 0 radical (unpaired) electrons. The van der Waals surface area contributed by atoms with Crippen LogP contribution in [0.2, 0.25) is 0 Å². The zero-order chi connectivity index (χ0) is 67.3. The van der Waals surface area contributed by atoms with Crippen molar-refractivity contribution in [2.45, 2.75) is 356 Å². The molecule has 17 nitrogen and oxygen atoms in total. The minimum Gasteiger partial charge on any atom is -0.462 e. The fraction of sp³-hybridized carbons (Fsp3) is 0.889. The van der Waals surface area contributed by atoms with Gasteiger partial charge in [0.2, 0.25) is 0 Å². The van der Waals surface area contributed by atoms with Gasteiger partial charge >= 0.3 is 39.5 Å². The largest absolute Gasteiger partial charge is 0.472 e. The number of allylic oxidation sites excluding steroid dienone is 4. The molecule has 0 saturated heterocycles. The van der Waals surface area contributed by atoms with Crippen molar-refractivity contribution in [3.63, 3.8) is 0 Å². The average Bonchev–Trinajstić information content (AvgIpc) is 2.97. The van der Waals surface area contributed by atoms with Crippen molar-refractivity contribution >= 4 is 39.5 Å². The van der Waals surface area contributed by atoms with Crippen LogP contribution in [0.15, 0.2) is 24.3 Å². The second-order valence-electron chi connectivity index (χ2n) is 26.7. The quantitative estimate of drug-likeness (QED) is 0.0169. The topological polar surface area (TPSA) is 237 Å². The number of unbranched alkanes of at least 4 members (excludes halogenated alkanes) is 33. The van der Waals surface area contributed by atoms with Crippen molar-refractivity contribution in [3.8, 4) is 0 Å². The number of aliphatic hydroxyl groups excluding tert-OH is 1. The first kappa shape index (κ1) is 88.5. The average molecular weight is 1340 g/mol. The van der Waals surface area contributed by atoms with Crippen LogP contribution in [0.5, 0.6) is 0 Å². The molecule has 0 bridgehead atoms. The highest BCUT2D eigenvalue weighted by molar-refractivity contribution is 7.47. The number of aliphatic hydroxyl groups is 1. The molecule has 5 atom stereocenters. The Balaban J connectivity index is 5.29. The molecule has 19 heteroatoms. The molecule has 0 aliphatic rings. The monoisotopic (exact) mass is 1330 g/mol. The highest BCUT2D eigenvalue weighted by Crippen LogP contribution is 2.45. The first-order valence-electron chi connectivity index (χ1n) is 36.7. The summed E-state index contributed by atoms with van der Waals surface area (Å²) in [5.41, 5.74) is 0. The molecule has 536 valence electrons. The molecule has 0 aliphatic heterocycles. The molecular weight excluding hydrogens is 1200 g/mol. The van der Waals surface area contributed by atoms with Crippen LogP contribution in [0.1, 0.15) is 337 Å². The Kier molecular flexibility index (Phi) is 60.7. The maximum Gasteiger partial charge on any atom is 0.472 e. The SMILES string of the molecule is CCCCCC/C=C\C=C/CCCCCCCC(=O)OC[C@H](COP(=O)(O)OCC(O)COP(=O)(O)OC[C@@H](COC(=O)CCCCCCCCCC(C)C)OC(=O)CCCCCCCCCCCC(C)C)OC(=O)CCCCCCCCCCCCCC(C)C. The normalized spacial score (nSPS) is 14.3. The van der Waals surface area contributed by atoms with Gasteiger partial charge in [0, 0.05) is 25.7 Å². The molecule has 0 aromatic carbocycles. The Hall–Kier alpha value is -2.46. The molecule has 0 aromatic rings. The number of phosphoric acid groups is 2. The van der Waals surface area contributed by atoms with Gasteiger partial charge in [0.15, 0.2) is 12.2 Å². The third-order valence-corrected chi connectivity index (χ3v) is 17.9. The van der Waals surface area contributed by atoms with Crippen LogP contribution >= 0.6 is 15.6 Å². The molecule has 3 unspecified atom stereocenters. The Morgan fingerprint density at radius 3 is 0.890 bits per heavy atom. The number of hydrogen-bond acceptors (Lipinski definition) is 15. The van der Waals surface area contributed by atoms with Gasteiger partial charge < -0.3 is 33.8 Å². The van der Waals surface area contributed by atoms with Gasteiger partial charge in [-0.2, -0.15) is 0 Å². The van der Waals surface area contributed by atoms with Crippen LogP contribution in [-0.4, -0.2) is 96.7 Å². The summed E-state index contributed by atoms with van der Waals surface area (Å²) in [7, 11) is -9.92. The summed E-state index contributed by atoms with van der Waals surface area (Å²) in [6.45, 7) is 11.7. The number of phosphoric ester groups is 2. The predicted molar refractivity (Wildman–Crippen MR) is 367 cm³/mol. The van der Waals surface area contributed by atoms with Crippen molar-refractivity contribution in [3.05, 3.63) is 24.3 Å². The molecule has 3 N–H and O–H groups in total. The predicted octanol–water partition coefficient (Wildman–Crippen LogP) is 20.2. The van der Waals surface area contributed by atoms with E-state index in [1.54, 1.807) is 0 Å². The lowest BCUT2D eigenvalue weighted by molar-refractivity contribution is -0.161. The molecule has 0 aliphatic carbocycles. The third-order valence-electron chi connectivity index (χ3n) is 16.0. The molecule has 0 heterocycles. The standard InChI is InChI=1S/C72H136O17P2/c1-8-9-10-11-12-13-14-15-16-17-20-25-32-39-46-53-69(74)82-59-67(88-71(76)55-48-41-33-26-21-18-19-23-29-36-43-50-63(2)3)61-86-90(78,79)84-57-66(73)58-85-91(80,81)87-62-68(60-83-70(75)54-47-40-35-28-31-38-45-52-65(6)7)89-72(77)56-49-42-34-27-22-24-30-37-44-51-64(4)5/h13-16,63-68,73H,8-12,17-62H2,1-7H3,(H,78,79)(H,80,81)/b14-13-,16-15-/t66?,67-,68-/m1/s1. The van der Waals surface area contributed by atoms with Crippen LogP contribution < -0.4 is 0 Å². The highest BCUT2D eigenvalue weighted by Gasteiger charge is 2.30. The Morgan fingerprint density at radius 1 is 0.341 bits per heavy atom. The lowest BCUT2D eigenvalue weighted by atomic mass is 10.0. The Bertz CT molecular complexity index is 1880. The smallest absolute Gasteiger partial charge is 0.462 e. The van der Waals surface area contributed by atoms with Gasteiger partial charge in [-0.25, -0.2) is 9.13 Å². The summed E-state index contributed by atoms with van der Waals surface area (Å²) >= 11 is 0. The molecule has 0 amide bonds. The first-order valence-corrected chi connectivity index (χ1v) is 39.7. The summed E-state index contributed by atoms with van der Waals surface area (Å²) < 4.78 is 68.3. The van der Waals surface area contributed by atoms with Crippen molar-refractivity contribution < 1.29 is 80.2 Å². The minimum absolute atomic E-state index is 0.0990. The van der Waals surface area contributed by atoms with Crippen molar-refractivity contribution in [1.29, 1.82) is 0 Å². The summed E-state index contributed by atoms with van der Waals surface area (Å²) in [4.78, 5) is 72.6. The maximum absolute atomic E-state index is 13.0. The van der Waals surface area contributed by atoms with Crippen LogP contribution in [0, 0.1) is 17.8 Å². The number of carbonyl (C=O) groups excluding carboxylic acids is 4. The zero-order valence-corrected chi connectivity index (χ0v) is 60.6. The molecule has 0 aromatic heterocycles. The lowest BCUT2D eigenvalue weighted by Gasteiger charge is -2.21. The van der Waals surface area contributed by atoms with Crippen LogP contribution in [0.25, 0.3) is 0 Å². The van der Waals surface area contributed by atoms with Gasteiger partial charge in [0.05, 0.1) is 26.4 Å². The van der Waals surface area contributed by atoms with Gasteiger partial charge in [0.25, 0.3) is 0 Å². The number of hydrogen-bond donors (Lipinski definition) is 3. The first-order chi connectivity index (χ1) is 43.7. The summed E-state index contributed by atoms with van der Waals surface area (Å²) in [5, 5.41) is 10.6. The Morgan fingerprint density at radius 2 is 0.593 bits per heavy atom. The number of esters is 4. The maximum atomic E-state index is 13.0. The van der Waals surface area contributed by atoms with Crippen LogP contribution in [0.4, 0.5) is 0 Å². The van der Waals surface area contributed by atoms with Crippen LogP contribution in [0.3, 0.4) is 0 Å². The Labute approximate surface area is 554 Å². The molecule has 0 fully saturated rings. The van der Waals surface area contributed by atoms with Crippen LogP contribution in [-0.2, 0) is 65.4 Å². The lowest BCUT2D eigenvalue weighted by Crippen LogP contribution is -2.30. The number of rotatable bonds is 68. The van der Waals surface area contributed by atoms with E-state index in [1.807, 2.05) is 0 Å². The molecule has 0 rings (SSSR count). The summed E-state index contributed by atoms with van der Waals surface area (Å²) in [6, 6.07) is 0. The number of ether oxygens (including phenoxy) is 4. The van der Waals surface area contributed by atoms with E-state index in [4.69, 9.17) is 37.0 Å². The van der Waals surface area contributed by atoms with Gasteiger partial charge in [0.1, 0.15) is 19.3 Å². The van der Waals surface area contributed by atoms with Gasteiger partial charge in [-0.1, -0.05) is 285 Å². The van der Waals surface area contributed by atoms with Crippen molar-refractivity contribution in [1.82, 2.24) is 0 Å². The van der Waals surface area contributed by atoms with Gasteiger partial charge in [-0.3, -0.25) is 37.3 Å². The van der Waals surface area contributed by atoms with E-state index >= 15 is 0 Å². The molecular formula is C72H136O17P2. The zero-order valence-electron chi connectivity index (χ0n) is 58.8. The van der Waals surface area contributed by atoms with E-state index in [9.17, 15) is 43.2 Å². The van der Waals surface area contributed by atoms with E-state index < -0.39 is 97.5 Å². The summed E-state index contributed by atoms with van der Waals surface area (Å²) in [5.74, 6) is 0.0454. The van der Waals surface area contributed by atoms with Crippen molar-refractivity contribution in [2.75, 3.05) is 39.6 Å². The third kappa shape index (κ3) is 66.0. The molecule has 0 saturated carbocycles. The molecule has 0 spiro atoms. The van der Waals surface area contributed by atoms with Gasteiger partial charge in [-0.05, 0) is 69.1 Å². The fourth-order valence-electron chi connectivity index (χ4n) is 10.4.